The molecule has 0 atom stereocenters. The van der Waals surface area contributed by atoms with Crippen molar-refractivity contribution in [1.29, 1.82) is 0 Å². The molecule has 1 N–H and O–H groups in total. The number of aromatic nitrogens is 2. The lowest BCUT2D eigenvalue weighted by Crippen LogP contribution is -2.41. The minimum atomic E-state index is -0.149. The first kappa shape index (κ1) is 16.9. The number of nitrogens with one attached hydrogen (secondary N) is 1. The van der Waals surface area contributed by atoms with E-state index in [2.05, 4.69) is 15.5 Å². The van der Waals surface area contributed by atoms with Gasteiger partial charge in [-0.1, -0.05) is 29.2 Å². The molecule has 22 heavy (non-hydrogen) atoms. The van der Waals surface area contributed by atoms with Crippen LogP contribution in [0.2, 0.25) is 0 Å². The topological polar surface area (TPSA) is 75.2 Å². The molecule has 0 fully saturated rings. The third kappa shape index (κ3) is 5.39. The monoisotopic (exact) mass is 356 g/mol. The Morgan fingerprint density at radius 1 is 1.41 bits per heavy atom. The van der Waals surface area contributed by atoms with Gasteiger partial charge >= 0.3 is 0 Å². The molecule has 0 bridgehead atoms. The summed E-state index contributed by atoms with van der Waals surface area (Å²) < 4.78 is 0.756. The highest BCUT2D eigenvalue weighted by atomic mass is 32.2. The average Bonchev–Trinajstić information content (AvgIpc) is 3.21. The lowest BCUT2D eigenvalue weighted by atomic mass is 10.4. The van der Waals surface area contributed by atoms with E-state index >= 15 is 0 Å². The summed E-state index contributed by atoms with van der Waals surface area (Å²) in [7, 11) is 0. The first-order valence-electron chi connectivity index (χ1n) is 6.65. The fraction of sp³-hybridized carbons (Fsp3) is 0.385. The van der Waals surface area contributed by atoms with Gasteiger partial charge in [0.05, 0.1) is 18.8 Å². The summed E-state index contributed by atoms with van der Waals surface area (Å²) in [6, 6.07) is 3.91. The summed E-state index contributed by atoms with van der Waals surface area (Å²) in [5, 5.41) is 12.4. The van der Waals surface area contributed by atoms with Crippen molar-refractivity contribution in [1.82, 2.24) is 20.4 Å². The summed E-state index contributed by atoms with van der Waals surface area (Å²) in [4.78, 5) is 26.7. The highest BCUT2D eigenvalue weighted by molar-refractivity contribution is 8.01. The van der Waals surface area contributed by atoms with Crippen LogP contribution in [0.1, 0.15) is 11.8 Å². The molecule has 0 aromatic carbocycles. The van der Waals surface area contributed by atoms with E-state index in [9.17, 15) is 9.59 Å². The van der Waals surface area contributed by atoms with E-state index in [1.807, 2.05) is 24.4 Å². The predicted molar refractivity (Wildman–Crippen MR) is 89.1 cm³/mol. The summed E-state index contributed by atoms with van der Waals surface area (Å²) >= 11 is 4.33. The molecule has 2 rings (SSSR count). The molecule has 118 valence electrons. The number of hydrogen-bond donors (Lipinski definition) is 1. The molecular weight excluding hydrogens is 340 g/mol. The molecule has 0 unspecified atom stereocenters. The van der Waals surface area contributed by atoms with Gasteiger partial charge in [-0.05, 0) is 18.4 Å². The Morgan fingerprint density at radius 3 is 2.91 bits per heavy atom. The highest BCUT2D eigenvalue weighted by Gasteiger charge is 2.16. The largest absolute Gasteiger partial charge is 0.350 e. The van der Waals surface area contributed by atoms with Crippen LogP contribution in [0, 0.1) is 0 Å². The van der Waals surface area contributed by atoms with Crippen molar-refractivity contribution in [3.63, 3.8) is 0 Å². The zero-order chi connectivity index (χ0) is 15.8. The number of nitrogens with zero attached hydrogens (tertiary/aromatic N) is 3. The molecule has 2 aromatic rings. The predicted octanol–water partition coefficient (Wildman–Crippen LogP) is 1.86. The lowest BCUT2D eigenvalue weighted by molar-refractivity contribution is -0.133. The van der Waals surface area contributed by atoms with Gasteiger partial charge in [-0.2, -0.15) is 0 Å². The number of carbonyl (C=O) groups is 2. The zero-order valence-corrected chi connectivity index (χ0v) is 14.5. The van der Waals surface area contributed by atoms with Crippen LogP contribution in [0.25, 0.3) is 0 Å². The van der Waals surface area contributed by atoms with Gasteiger partial charge in [0.1, 0.15) is 5.51 Å². The van der Waals surface area contributed by atoms with Crippen LogP contribution in [0.3, 0.4) is 0 Å². The van der Waals surface area contributed by atoms with Crippen LogP contribution in [-0.2, 0) is 16.1 Å². The van der Waals surface area contributed by atoms with E-state index < -0.39 is 0 Å². The number of likely N-dealkylation sites (N-methyl/N-ethyl adjacent to an activating group) is 1. The van der Waals surface area contributed by atoms with E-state index in [0.29, 0.717) is 13.1 Å². The van der Waals surface area contributed by atoms with Crippen LogP contribution < -0.4 is 5.32 Å². The van der Waals surface area contributed by atoms with Crippen LogP contribution in [-0.4, -0.2) is 45.8 Å². The third-order valence-electron chi connectivity index (χ3n) is 2.77. The number of thioether (sulfide) groups is 1. The normalized spacial score (nSPS) is 10.4. The minimum absolute atomic E-state index is 0.0750. The van der Waals surface area contributed by atoms with E-state index in [0.717, 1.165) is 9.22 Å². The molecule has 2 aromatic heterocycles. The summed E-state index contributed by atoms with van der Waals surface area (Å²) in [5.41, 5.74) is 1.63. The number of carbonyl (C=O) groups excluding carboxylic acids is 2. The maximum absolute atomic E-state index is 12.1. The molecule has 0 aliphatic carbocycles. The number of thiophene rings is 1. The van der Waals surface area contributed by atoms with Crippen molar-refractivity contribution in [2.75, 3.05) is 18.8 Å². The quantitative estimate of drug-likeness (QED) is 0.731. The van der Waals surface area contributed by atoms with Gasteiger partial charge in [-0.25, -0.2) is 0 Å². The van der Waals surface area contributed by atoms with Crippen molar-refractivity contribution in [2.24, 2.45) is 0 Å². The first-order chi connectivity index (χ1) is 10.7. The Kier molecular flexibility index (Phi) is 6.81. The number of rotatable bonds is 8. The second-order valence-corrected chi connectivity index (χ2v) is 7.35. The molecular formula is C13H16N4O2S3. The van der Waals surface area contributed by atoms with E-state index in [4.69, 9.17) is 0 Å². The third-order valence-corrected chi connectivity index (χ3v) is 5.49. The van der Waals surface area contributed by atoms with Gasteiger partial charge in [0.25, 0.3) is 0 Å². The van der Waals surface area contributed by atoms with Gasteiger partial charge in [-0.3, -0.25) is 9.59 Å². The fourth-order valence-corrected chi connectivity index (χ4v) is 3.68. The van der Waals surface area contributed by atoms with Crippen LogP contribution >= 0.6 is 34.4 Å². The summed E-state index contributed by atoms with van der Waals surface area (Å²) in [5.74, 6) is 0.0415. The molecule has 0 saturated carbocycles. The average molecular weight is 356 g/mol. The van der Waals surface area contributed by atoms with E-state index in [1.54, 1.807) is 16.8 Å². The molecule has 2 heterocycles. The van der Waals surface area contributed by atoms with Gasteiger partial charge < -0.3 is 10.2 Å². The fourth-order valence-electron chi connectivity index (χ4n) is 1.65. The maximum Gasteiger partial charge on any atom is 0.239 e. The first-order valence-corrected chi connectivity index (χ1v) is 9.39. The number of amides is 2. The molecule has 0 saturated heterocycles. The Labute approximate surface area is 140 Å². The van der Waals surface area contributed by atoms with Gasteiger partial charge in [0.2, 0.25) is 11.8 Å². The molecule has 2 amide bonds. The lowest BCUT2D eigenvalue weighted by Gasteiger charge is -2.19. The molecule has 0 aliphatic rings. The van der Waals surface area contributed by atoms with Crippen molar-refractivity contribution < 1.29 is 9.59 Å². The Morgan fingerprint density at radius 2 is 2.27 bits per heavy atom. The highest BCUT2D eigenvalue weighted by Crippen LogP contribution is 2.19. The van der Waals surface area contributed by atoms with Crippen LogP contribution in [0.5, 0.6) is 0 Å². The minimum Gasteiger partial charge on any atom is -0.350 e. The SMILES string of the molecule is CCN(CC(=O)NCc1cccs1)C(=O)CSc1nncs1. The van der Waals surface area contributed by atoms with Crippen molar-refractivity contribution in [3.8, 4) is 0 Å². The number of hydrogen-bond acceptors (Lipinski definition) is 7. The van der Waals surface area contributed by atoms with Crippen molar-refractivity contribution in [3.05, 3.63) is 27.9 Å². The Bertz CT molecular complexity index is 586. The molecule has 0 spiro atoms. The molecule has 0 radical (unpaired) electrons. The van der Waals surface area contributed by atoms with E-state index in [-0.39, 0.29) is 24.1 Å². The Balaban J connectivity index is 1.75. The second-order valence-electron chi connectivity index (χ2n) is 4.26. The summed E-state index contributed by atoms with van der Waals surface area (Å²) in [6.07, 6.45) is 0. The van der Waals surface area contributed by atoms with E-state index in [1.165, 1.54) is 28.0 Å². The van der Waals surface area contributed by atoms with Gasteiger partial charge in [0.15, 0.2) is 4.34 Å². The van der Waals surface area contributed by atoms with Crippen molar-refractivity contribution in [2.45, 2.75) is 17.8 Å². The second kappa shape index (κ2) is 8.86. The smallest absolute Gasteiger partial charge is 0.239 e. The maximum atomic E-state index is 12.1. The molecule has 9 heteroatoms. The van der Waals surface area contributed by atoms with Gasteiger partial charge in [-0.15, -0.1) is 21.5 Å². The van der Waals surface area contributed by atoms with Gasteiger partial charge in [0, 0.05) is 11.4 Å². The standard InChI is InChI=1S/C13H16N4O2S3/c1-2-17(12(19)8-21-13-16-15-9-22-13)7-11(18)14-6-10-4-3-5-20-10/h3-5,9H,2,6-8H2,1H3,(H,14,18). The van der Waals surface area contributed by atoms with Crippen LogP contribution in [0.4, 0.5) is 0 Å². The summed E-state index contributed by atoms with van der Waals surface area (Å²) in [6.45, 7) is 2.95. The molecule has 0 aliphatic heterocycles. The molecule has 6 nitrogen and oxygen atoms in total. The Hall–Kier alpha value is -1.45. The van der Waals surface area contributed by atoms with Crippen molar-refractivity contribution >= 4 is 46.2 Å². The zero-order valence-electron chi connectivity index (χ0n) is 12.0. The van der Waals surface area contributed by atoms with Crippen LogP contribution in [0.15, 0.2) is 27.4 Å².